The summed E-state index contributed by atoms with van der Waals surface area (Å²) >= 11 is 0. The van der Waals surface area contributed by atoms with E-state index in [4.69, 9.17) is 9.47 Å². The summed E-state index contributed by atoms with van der Waals surface area (Å²) in [4.78, 5) is 0. The minimum Gasteiger partial charge on any atom is -0.493 e. The molecule has 2 unspecified atom stereocenters. The number of benzene rings is 1. The second kappa shape index (κ2) is 6.00. The van der Waals surface area contributed by atoms with E-state index < -0.39 is 0 Å². The molecular weight excluding hydrogens is 260 g/mol. The van der Waals surface area contributed by atoms with Crippen molar-refractivity contribution in [1.82, 2.24) is 0 Å². The van der Waals surface area contributed by atoms with Crippen molar-refractivity contribution < 1.29 is 9.47 Å². The van der Waals surface area contributed by atoms with Gasteiger partial charge < -0.3 is 9.47 Å². The van der Waals surface area contributed by atoms with Crippen LogP contribution in [0, 0.1) is 25.2 Å². The summed E-state index contributed by atoms with van der Waals surface area (Å²) in [5, 5.41) is 0. The summed E-state index contributed by atoms with van der Waals surface area (Å²) in [7, 11) is 0. The number of ether oxygens (including phenoxy) is 2. The summed E-state index contributed by atoms with van der Waals surface area (Å²) in [5.41, 5.74) is 3.92. The van der Waals surface area contributed by atoms with Gasteiger partial charge in [-0.05, 0) is 61.9 Å². The Morgan fingerprint density at radius 3 is 2.19 bits per heavy atom. The fraction of sp³-hybridized carbons (Fsp3) is 0.684. The maximum absolute atomic E-state index is 6.00. The van der Waals surface area contributed by atoms with Crippen LogP contribution in [-0.2, 0) is 4.74 Å². The van der Waals surface area contributed by atoms with Crippen molar-refractivity contribution in [3.05, 3.63) is 28.8 Å². The molecule has 2 nitrogen and oxygen atoms in total. The van der Waals surface area contributed by atoms with Gasteiger partial charge >= 0.3 is 0 Å². The molecule has 2 heteroatoms. The molecule has 0 N–H and O–H groups in total. The molecule has 0 aliphatic carbocycles. The van der Waals surface area contributed by atoms with Gasteiger partial charge in [-0.25, -0.2) is 0 Å². The molecule has 0 saturated carbocycles. The minimum absolute atomic E-state index is 0.203. The quantitative estimate of drug-likeness (QED) is 0.740. The Morgan fingerprint density at radius 2 is 1.76 bits per heavy atom. The lowest BCUT2D eigenvalue weighted by Gasteiger charge is -2.50. The van der Waals surface area contributed by atoms with Gasteiger partial charge in [-0.2, -0.15) is 0 Å². The van der Waals surface area contributed by atoms with Crippen molar-refractivity contribution in [3.63, 3.8) is 0 Å². The van der Waals surface area contributed by atoms with E-state index >= 15 is 0 Å². The van der Waals surface area contributed by atoms with Crippen molar-refractivity contribution in [1.29, 1.82) is 0 Å². The highest BCUT2D eigenvalue weighted by Gasteiger charge is 2.47. The van der Waals surface area contributed by atoms with E-state index in [2.05, 4.69) is 60.6 Å². The van der Waals surface area contributed by atoms with Crippen LogP contribution in [0.3, 0.4) is 0 Å². The van der Waals surface area contributed by atoms with Gasteiger partial charge in [-0.3, -0.25) is 0 Å². The van der Waals surface area contributed by atoms with Crippen LogP contribution in [0.5, 0.6) is 5.75 Å². The van der Waals surface area contributed by atoms with Gasteiger partial charge in [0.2, 0.25) is 0 Å². The molecule has 0 amide bonds. The Bertz CT molecular complexity index is 479. The van der Waals surface area contributed by atoms with Crippen LogP contribution in [0.2, 0.25) is 0 Å². The number of hydrogen-bond donors (Lipinski definition) is 0. The minimum atomic E-state index is 0.203. The van der Waals surface area contributed by atoms with Gasteiger partial charge in [0.25, 0.3) is 0 Å². The molecule has 0 aromatic heterocycles. The largest absolute Gasteiger partial charge is 0.493 e. The summed E-state index contributed by atoms with van der Waals surface area (Å²) in [6.45, 7) is 16.2. The second-order valence-corrected chi connectivity index (χ2v) is 7.49. The van der Waals surface area contributed by atoms with Gasteiger partial charge in [0.15, 0.2) is 0 Å². The summed E-state index contributed by atoms with van der Waals surface area (Å²) < 4.78 is 12.0. The average Bonchev–Trinajstić information content (AvgIpc) is 2.38. The lowest BCUT2D eigenvalue weighted by molar-refractivity contribution is -0.230. The first-order valence-electron chi connectivity index (χ1n) is 8.13. The zero-order valence-electron chi connectivity index (χ0n) is 14.6. The molecule has 0 spiro atoms. The molecule has 1 aliphatic heterocycles. The maximum atomic E-state index is 6.00. The third kappa shape index (κ3) is 3.26. The summed E-state index contributed by atoms with van der Waals surface area (Å²) in [5.74, 6) is 1.72. The third-order valence-electron chi connectivity index (χ3n) is 4.79. The van der Waals surface area contributed by atoms with E-state index in [0.717, 1.165) is 18.8 Å². The van der Waals surface area contributed by atoms with E-state index in [-0.39, 0.29) is 11.5 Å². The van der Waals surface area contributed by atoms with E-state index in [9.17, 15) is 0 Å². The Morgan fingerprint density at radius 1 is 1.19 bits per heavy atom. The molecule has 21 heavy (non-hydrogen) atoms. The first-order valence-corrected chi connectivity index (χ1v) is 8.13. The predicted octanol–water partition coefficient (Wildman–Crippen LogP) is 5.21. The zero-order chi connectivity index (χ0) is 15.8. The molecule has 1 heterocycles. The molecule has 2 rings (SSSR count). The Kier molecular flexibility index (Phi) is 4.67. The number of aryl methyl sites for hydroxylation is 2. The van der Waals surface area contributed by atoms with Crippen LogP contribution in [0.15, 0.2) is 12.1 Å². The molecule has 0 radical (unpaired) electrons. The molecule has 2 atom stereocenters. The lowest BCUT2D eigenvalue weighted by Crippen LogP contribution is -2.48. The van der Waals surface area contributed by atoms with Crippen LogP contribution >= 0.6 is 0 Å². The van der Waals surface area contributed by atoms with E-state index in [1.807, 2.05) is 0 Å². The highest BCUT2D eigenvalue weighted by Crippen LogP contribution is 2.51. The normalized spacial score (nSPS) is 24.0. The molecule has 1 fully saturated rings. The first-order chi connectivity index (χ1) is 9.73. The monoisotopic (exact) mass is 290 g/mol. The van der Waals surface area contributed by atoms with Crippen LogP contribution in [0.1, 0.15) is 63.8 Å². The standard InChI is InChI=1S/C19H30O2/c1-12(2)8-9-20-17-13(3)10-16(11-14(17)4)18-19(6,7)15(5)21-18/h10-12,15,18H,8-9H2,1-7H3. The first kappa shape index (κ1) is 16.4. The molecule has 118 valence electrons. The van der Waals surface area contributed by atoms with E-state index in [0.29, 0.717) is 12.0 Å². The Hall–Kier alpha value is -1.02. The zero-order valence-corrected chi connectivity index (χ0v) is 14.6. The van der Waals surface area contributed by atoms with Gasteiger partial charge in [0.05, 0.1) is 18.8 Å². The number of hydrogen-bond acceptors (Lipinski definition) is 2. The van der Waals surface area contributed by atoms with Gasteiger partial charge in [-0.15, -0.1) is 0 Å². The Balaban J connectivity index is 2.14. The van der Waals surface area contributed by atoms with Gasteiger partial charge in [-0.1, -0.05) is 27.7 Å². The highest BCUT2D eigenvalue weighted by atomic mass is 16.5. The van der Waals surface area contributed by atoms with Gasteiger partial charge in [0.1, 0.15) is 5.75 Å². The lowest BCUT2D eigenvalue weighted by atomic mass is 9.72. The van der Waals surface area contributed by atoms with Crippen molar-refractivity contribution in [2.24, 2.45) is 11.3 Å². The fourth-order valence-corrected chi connectivity index (χ4v) is 2.96. The van der Waals surface area contributed by atoms with E-state index in [1.165, 1.54) is 16.7 Å². The van der Waals surface area contributed by atoms with Crippen LogP contribution in [0.25, 0.3) is 0 Å². The highest BCUT2D eigenvalue weighted by molar-refractivity contribution is 5.44. The van der Waals surface area contributed by atoms with Crippen LogP contribution in [-0.4, -0.2) is 12.7 Å². The molecule has 0 bridgehead atoms. The summed E-state index contributed by atoms with van der Waals surface area (Å²) in [6.07, 6.45) is 1.62. The summed E-state index contributed by atoms with van der Waals surface area (Å²) in [6, 6.07) is 4.46. The van der Waals surface area contributed by atoms with Crippen LogP contribution < -0.4 is 4.74 Å². The average molecular weight is 290 g/mol. The third-order valence-corrected chi connectivity index (χ3v) is 4.79. The Labute approximate surface area is 129 Å². The van der Waals surface area contributed by atoms with Crippen molar-refractivity contribution in [2.45, 2.75) is 67.1 Å². The van der Waals surface area contributed by atoms with Crippen molar-refractivity contribution in [3.8, 4) is 5.75 Å². The predicted molar refractivity (Wildman–Crippen MR) is 87.9 cm³/mol. The molecule has 1 saturated heterocycles. The fourth-order valence-electron chi connectivity index (χ4n) is 2.96. The van der Waals surface area contributed by atoms with Gasteiger partial charge in [0, 0.05) is 5.41 Å². The second-order valence-electron chi connectivity index (χ2n) is 7.49. The maximum Gasteiger partial charge on any atom is 0.125 e. The van der Waals surface area contributed by atoms with Crippen LogP contribution in [0.4, 0.5) is 0 Å². The number of rotatable bonds is 5. The van der Waals surface area contributed by atoms with Crippen molar-refractivity contribution in [2.75, 3.05) is 6.61 Å². The molecular formula is C19H30O2. The molecule has 1 aliphatic rings. The smallest absolute Gasteiger partial charge is 0.125 e. The molecule has 1 aromatic rings. The topological polar surface area (TPSA) is 18.5 Å². The SMILES string of the molecule is Cc1cc(C2OC(C)C2(C)C)cc(C)c1OCCC(C)C. The van der Waals surface area contributed by atoms with Crippen molar-refractivity contribution >= 4 is 0 Å². The van der Waals surface area contributed by atoms with E-state index in [1.54, 1.807) is 0 Å². The molecule has 1 aromatic carbocycles.